The molecule has 4 rings (SSSR count). The van der Waals surface area contributed by atoms with Crippen molar-refractivity contribution < 1.29 is 4.79 Å². The van der Waals surface area contributed by atoms with E-state index in [0.717, 1.165) is 34.5 Å². The summed E-state index contributed by atoms with van der Waals surface area (Å²) in [6.07, 6.45) is 2.49. The Bertz CT molecular complexity index is 1020. The number of aromatic nitrogens is 3. The summed E-state index contributed by atoms with van der Waals surface area (Å²) >= 11 is 0. The highest BCUT2D eigenvalue weighted by atomic mass is 16.2. The molecule has 3 heterocycles. The second-order valence-electron chi connectivity index (χ2n) is 6.71. The van der Waals surface area contributed by atoms with Crippen molar-refractivity contribution in [2.45, 2.75) is 19.5 Å². The Hall–Kier alpha value is -3.35. The van der Waals surface area contributed by atoms with Crippen LogP contribution in [0.25, 0.3) is 11.3 Å². The molecular formula is C20H21N5O2. The van der Waals surface area contributed by atoms with Crippen molar-refractivity contribution in [3.05, 3.63) is 75.8 Å². The van der Waals surface area contributed by atoms with E-state index in [2.05, 4.69) is 15.5 Å². The molecule has 2 amide bonds. The van der Waals surface area contributed by atoms with Crippen LogP contribution in [0.15, 0.2) is 53.5 Å². The Morgan fingerprint density at radius 2 is 2.04 bits per heavy atom. The van der Waals surface area contributed by atoms with Crippen LogP contribution >= 0.6 is 0 Å². The Morgan fingerprint density at radius 3 is 2.81 bits per heavy atom. The second-order valence-corrected chi connectivity index (χ2v) is 6.71. The van der Waals surface area contributed by atoms with Gasteiger partial charge in [-0.1, -0.05) is 36.4 Å². The van der Waals surface area contributed by atoms with Gasteiger partial charge in [-0.3, -0.25) is 9.89 Å². The Morgan fingerprint density at radius 1 is 1.22 bits per heavy atom. The molecule has 0 atom stereocenters. The lowest BCUT2D eigenvalue weighted by Crippen LogP contribution is -2.42. The molecule has 1 aliphatic heterocycles. The van der Waals surface area contributed by atoms with Gasteiger partial charge in [-0.25, -0.2) is 4.79 Å². The fourth-order valence-electron chi connectivity index (χ4n) is 3.35. The zero-order valence-electron chi connectivity index (χ0n) is 15.1. The van der Waals surface area contributed by atoms with E-state index in [1.165, 1.54) is 10.6 Å². The predicted octanol–water partition coefficient (Wildman–Crippen LogP) is 2.04. The SMILES string of the molecule is Cn1cc(CNC(=O)N2CCc3[nH]nc(-c4ccccc4)c3C2)ccc1=O. The van der Waals surface area contributed by atoms with Crippen molar-refractivity contribution in [2.24, 2.45) is 7.05 Å². The molecule has 2 aromatic heterocycles. The van der Waals surface area contributed by atoms with Gasteiger partial charge < -0.3 is 14.8 Å². The number of pyridine rings is 1. The molecule has 0 bridgehead atoms. The lowest BCUT2D eigenvalue weighted by Gasteiger charge is -2.27. The van der Waals surface area contributed by atoms with Gasteiger partial charge in [0.2, 0.25) is 5.56 Å². The number of urea groups is 1. The summed E-state index contributed by atoms with van der Waals surface area (Å²) in [7, 11) is 1.70. The number of amides is 2. The highest BCUT2D eigenvalue weighted by molar-refractivity contribution is 5.75. The van der Waals surface area contributed by atoms with Crippen molar-refractivity contribution in [2.75, 3.05) is 6.54 Å². The molecule has 0 aliphatic carbocycles. The second kappa shape index (κ2) is 7.11. The minimum absolute atomic E-state index is 0.0676. The third kappa shape index (κ3) is 3.48. The third-order valence-corrected chi connectivity index (χ3v) is 4.86. The summed E-state index contributed by atoms with van der Waals surface area (Å²) in [4.78, 5) is 25.9. The molecule has 7 nitrogen and oxygen atoms in total. The Kier molecular flexibility index (Phi) is 4.50. The molecule has 0 saturated heterocycles. The van der Waals surface area contributed by atoms with E-state index in [1.54, 1.807) is 24.2 Å². The van der Waals surface area contributed by atoms with Gasteiger partial charge >= 0.3 is 6.03 Å². The molecule has 1 aliphatic rings. The number of nitrogens with one attached hydrogen (secondary N) is 2. The van der Waals surface area contributed by atoms with Gasteiger partial charge in [0.05, 0.1) is 12.2 Å². The molecular weight excluding hydrogens is 342 g/mol. The first-order chi connectivity index (χ1) is 13.1. The zero-order valence-corrected chi connectivity index (χ0v) is 15.1. The number of aryl methyl sites for hydroxylation is 1. The number of nitrogens with zero attached hydrogens (tertiary/aromatic N) is 3. The standard InChI is InChI=1S/C20H21N5O2/c1-24-12-14(7-8-18(24)26)11-21-20(27)25-10-9-17-16(13-25)19(23-22-17)15-5-3-2-4-6-15/h2-8,12H,9-11,13H2,1H3,(H,21,27)(H,22,23). The number of hydrogen-bond donors (Lipinski definition) is 2. The summed E-state index contributed by atoms with van der Waals surface area (Å²) in [5.74, 6) is 0. The monoisotopic (exact) mass is 363 g/mol. The average molecular weight is 363 g/mol. The summed E-state index contributed by atoms with van der Waals surface area (Å²) in [6, 6.07) is 13.1. The Balaban J connectivity index is 1.46. The van der Waals surface area contributed by atoms with Crippen molar-refractivity contribution in [1.29, 1.82) is 0 Å². The lowest BCUT2D eigenvalue weighted by molar-refractivity contribution is 0.192. The Labute approximate surface area is 156 Å². The molecule has 27 heavy (non-hydrogen) atoms. The summed E-state index contributed by atoms with van der Waals surface area (Å²) in [5, 5.41) is 10.5. The minimum Gasteiger partial charge on any atom is -0.334 e. The van der Waals surface area contributed by atoms with Gasteiger partial charge in [-0.2, -0.15) is 5.10 Å². The first-order valence-corrected chi connectivity index (χ1v) is 8.91. The van der Waals surface area contributed by atoms with Crippen molar-refractivity contribution >= 4 is 6.03 Å². The topological polar surface area (TPSA) is 83.0 Å². The number of benzene rings is 1. The first kappa shape index (κ1) is 17.1. The number of aromatic amines is 1. The summed E-state index contributed by atoms with van der Waals surface area (Å²) in [5.41, 5.74) is 4.93. The fourth-order valence-corrected chi connectivity index (χ4v) is 3.35. The molecule has 0 unspecified atom stereocenters. The maximum absolute atomic E-state index is 12.6. The number of H-pyrrole nitrogens is 1. The molecule has 1 aromatic carbocycles. The van der Waals surface area contributed by atoms with E-state index in [1.807, 2.05) is 30.3 Å². The van der Waals surface area contributed by atoms with Gasteiger partial charge in [0, 0.05) is 55.6 Å². The quantitative estimate of drug-likeness (QED) is 0.747. The van der Waals surface area contributed by atoms with Crippen LogP contribution in [0.3, 0.4) is 0 Å². The minimum atomic E-state index is -0.116. The van der Waals surface area contributed by atoms with Crippen LogP contribution in [0.1, 0.15) is 16.8 Å². The summed E-state index contributed by atoms with van der Waals surface area (Å²) in [6.45, 7) is 1.55. The lowest BCUT2D eigenvalue weighted by atomic mass is 10.0. The van der Waals surface area contributed by atoms with E-state index in [0.29, 0.717) is 19.6 Å². The fraction of sp³-hybridized carbons (Fsp3) is 0.250. The van der Waals surface area contributed by atoms with Crippen LogP contribution in [0, 0.1) is 0 Å². The smallest absolute Gasteiger partial charge is 0.317 e. The molecule has 3 aromatic rings. The predicted molar refractivity (Wildman–Crippen MR) is 102 cm³/mol. The molecule has 2 N–H and O–H groups in total. The molecule has 0 fully saturated rings. The zero-order chi connectivity index (χ0) is 18.8. The van der Waals surface area contributed by atoms with Crippen molar-refractivity contribution in [3.63, 3.8) is 0 Å². The largest absolute Gasteiger partial charge is 0.334 e. The van der Waals surface area contributed by atoms with Crippen LogP contribution in [0.4, 0.5) is 4.79 Å². The number of rotatable bonds is 3. The van der Waals surface area contributed by atoms with Gasteiger partial charge in [0.1, 0.15) is 0 Å². The highest BCUT2D eigenvalue weighted by Gasteiger charge is 2.25. The number of hydrogen-bond acceptors (Lipinski definition) is 3. The van der Waals surface area contributed by atoms with E-state index in [4.69, 9.17) is 0 Å². The van der Waals surface area contributed by atoms with E-state index >= 15 is 0 Å². The van der Waals surface area contributed by atoms with Crippen LogP contribution < -0.4 is 10.9 Å². The van der Waals surface area contributed by atoms with Crippen molar-refractivity contribution in [3.8, 4) is 11.3 Å². The average Bonchev–Trinajstić information content (AvgIpc) is 3.12. The van der Waals surface area contributed by atoms with Gasteiger partial charge in [-0.15, -0.1) is 0 Å². The highest BCUT2D eigenvalue weighted by Crippen LogP contribution is 2.28. The molecule has 0 saturated carbocycles. The van der Waals surface area contributed by atoms with Crippen LogP contribution in [0.5, 0.6) is 0 Å². The van der Waals surface area contributed by atoms with Crippen LogP contribution in [-0.4, -0.2) is 32.2 Å². The maximum atomic E-state index is 12.6. The van der Waals surface area contributed by atoms with Gasteiger partial charge in [-0.05, 0) is 5.56 Å². The van der Waals surface area contributed by atoms with Crippen molar-refractivity contribution in [1.82, 2.24) is 25.0 Å². The number of carbonyl (C=O) groups excluding carboxylic acids is 1. The third-order valence-electron chi connectivity index (χ3n) is 4.86. The normalized spacial score (nSPS) is 13.3. The first-order valence-electron chi connectivity index (χ1n) is 8.91. The van der Waals surface area contributed by atoms with Gasteiger partial charge in [0.25, 0.3) is 0 Å². The van der Waals surface area contributed by atoms with E-state index in [9.17, 15) is 9.59 Å². The molecule has 0 spiro atoms. The maximum Gasteiger partial charge on any atom is 0.317 e. The summed E-state index contributed by atoms with van der Waals surface area (Å²) < 4.78 is 1.51. The van der Waals surface area contributed by atoms with Crippen LogP contribution in [-0.2, 0) is 26.6 Å². The number of carbonyl (C=O) groups is 1. The number of fused-ring (bicyclic) bond motifs is 1. The molecule has 138 valence electrons. The van der Waals surface area contributed by atoms with E-state index < -0.39 is 0 Å². The van der Waals surface area contributed by atoms with Crippen LogP contribution in [0.2, 0.25) is 0 Å². The van der Waals surface area contributed by atoms with E-state index in [-0.39, 0.29) is 11.6 Å². The molecule has 0 radical (unpaired) electrons. The molecule has 7 heteroatoms. The van der Waals surface area contributed by atoms with Gasteiger partial charge in [0.15, 0.2) is 0 Å².